The van der Waals surface area contributed by atoms with E-state index in [4.69, 9.17) is 0 Å². The molecule has 1 N–H and O–H groups in total. The molecule has 3 nitrogen and oxygen atoms in total. The molecule has 614 valence electrons. The average molecular weight is 1790 g/mol. The second-order valence-electron chi connectivity index (χ2n) is 34.5. The van der Waals surface area contributed by atoms with E-state index < -0.39 is 10.8 Å². The number of rotatable bonds is 14. The van der Waals surface area contributed by atoms with Crippen LogP contribution in [0.3, 0.4) is 0 Å². The highest BCUT2D eigenvalue weighted by Gasteiger charge is 2.49. The normalized spacial score (nSPS) is 14.3. The maximum Gasteiger partial charge on any atom is 0.0785 e. The van der Waals surface area contributed by atoms with E-state index in [1.165, 1.54) is 171 Å². The van der Waals surface area contributed by atoms with E-state index in [0.29, 0.717) is 0 Å². The highest BCUT2D eigenvalue weighted by molar-refractivity contribution is 9.11. The van der Waals surface area contributed by atoms with Crippen molar-refractivity contribution >= 4 is 121 Å². The van der Waals surface area contributed by atoms with E-state index >= 15 is 0 Å². The van der Waals surface area contributed by atoms with Crippen molar-refractivity contribution in [2.45, 2.75) is 28.7 Å². The van der Waals surface area contributed by atoms with E-state index in [2.05, 4.69) is 520 Å². The first-order valence-corrected chi connectivity index (χ1v) is 46.5. The van der Waals surface area contributed by atoms with Crippen LogP contribution in [0.2, 0.25) is 0 Å². The van der Waals surface area contributed by atoms with Gasteiger partial charge in [0, 0.05) is 48.6 Å². The molecule has 0 spiro atoms. The van der Waals surface area contributed by atoms with Gasteiger partial charge in [-0.2, -0.15) is 0 Å². The van der Waals surface area contributed by atoms with Crippen LogP contribution < -0.4 is 15.1 Å². The van der Waals surface area contributed by atoms with Gasteiger partial charge in [0.25, 0.3) is 0 Å². The van der Waals surface area contributed by atoms with Crippen LogP contribution in [-0.2, 0) is 22.7 Å². The highest BCUT2D eigenvalue weighted by Crippen LogP contribution is 2.61. The molecule has 0 aliphatic heterocycles. The van der Waals surface area contributed by atoms with Gasteiger partial charge in [0.1, 0.15) is 0 Å². The lowest BCUT2D eigenvalue weighted by Crippen LogP contribution is -2.29. The molecule has 1 atom stereocenters. The maximum absolute atomic E-state index is 3.65. The number of nitrogens with one attached hydrogen (secondary N) is 1. The summed E-state index contributed by atoms with van der Waals surface area (Å²) >= 11 is 7.30. The Labute approximate surface area is 775 Å². The van der Waals surface area contributed by atoms with Crippen molar-refractivity contribution in [3.63, 3.8) is 0 Å². The van der Waals surface area contributed by atoms with Gasteiger partial charge in [-0.15, -0.1) is 0 Å². The summed E-state index contributed by atoms with van der Waals surface area (Å²) in [5.41, 5.74) is 35.2. The Morgan fingerprint density at radius 3 is 1.01 bits per heavy atom. The molecule has 0 aromatic heterocycles. The zero-order valence-electron chi connectivity index (χ0n) is 71.2. The summed E-state index contributed by atoms with van der Waals surface area (Å²) in [6, 6.07) is 174. The Morgan fingerprint density at radius 1 is 0.254 bits per heavy atom. The van der Waals surface area contributed by atoms with E-state index in [0.717, 1.165) is 49.5 Å². The Kier molecular flexibility index (Phi) is 19.4. The number of hydrogen-bond donors (Lipinski definition) is 1. The third-order valence-corrected chi connectivity index (χ3v) is 29.4. The van der Waals surface area contributed by atoms with Crippen LogP contribution in [0, 0.1) is 0 Å². The Morgan fingerprint density at radius 2 is 0.585 bits per heavy atom. The van der Waals surface area contributed by atoms with Crippen LogP contribution in [0.25, 0.3) is 88.2 Å². The molecule has 0 heterocycles. The molecule has 0 saturated carbocycles. The third kappa shape index (κ3) is 12.4. The van der Waals surface area contributed by atoms with Crippen molar-refractivity contribution in [3.8, 4) is 33.4 Å². The molecule has 5 aliphatic carbocycles. The molecule has 0 fully saturated rings. The smallest absolute Gasteiger partial charge is 0.0785 e. The number of allylic oxidation sites excluding steroid dienone is 1. The number of benzene rings is 21. The number of halogens is 2. The SMILES string of the molecule is Brc1ccc2ccc3c(Br)ccc4ccc1c2c43.C1=CC(N(c2ccccc2)c2ccc(C3(c4ccccc4)c4ccccc4-c4ccccc43)cc2)c2ccc3c4c(ccc1c24)C(N(c1ccccc1)c1ccc(C2(c4ccccc4)c4ccccc4-c4ccccc42)cc1)=CC3.c1ccc(Nc2ccc(C3(c4ccccc4)c4ccccc4-c4ccccc43)cc2)cc1. The van der Waals surface area contributed by atoms with Crippen LogP contribution in [-0.4, -0.2) is 0 Å². The van der Waals surface area contributed by atoms with Gasteiger partial charge in [0.05, 0.1) is 28.0 Å². The van der Waals surface area contributed by atoms with E-state index in [-0.39, 0.29) is 11.5 Å². The third-order valence-electron chi connectivity index (χ3n) is 28.0. The summed E-state index contributed by atoms with van der Waals surface area (Å²) in [5, 5.41) is 14.0. The predicted molar refractivity (Wildman–Crippen MR) is 551 cm³/mol. The largest absolute Gasteiger partial charge is 0.356 e. The van der Waals surface area contributed by atoms with Crippen LogP contribution in [0.5, 0.6) is 0 Å². The molecular weight excluding hydrogens is 1700 g/mol. The minimum Gasteiger partial charge on any atom is -0.356 e. The molecular formula is C125H85Br2N3. The van der Waals surface area contributed by atoms with Crippen LogP contribution in [0.1, 0.15) is 95.1 Å². The van der Waals surface area contributed by atoms with Gasteiger partial charge < -0.3 is 15.1 Å². The lowest BCUT2D eigenvalue weighted by molar-refractivity contribution is 0.767. The highest BCUT2D eigenvalue weighted by atomic mass is 79.9. The first kappa shape index (κ1) is 78.3. The van der Waals surface area contributed by atoms with Crippen LogP contribution >= 0.6 is 31.9 Å². The Hall–Kier alpha value is -15.2. The topological polar surface area (TPSA) is 18.5 Å². The average Bonchev–Trinajstić information content (AvgIpc) is 1.54. The van der Waals surface area contributed by atoms with E-state index in [1.54, 1.807) is 0 Å². The summed E-state index contributed by atoms with van der Waals surface area (Å²) < 4.78 is 2.31. The lowest BCUT2D eigenvalue weighted by atomic mass is 9.67. The number of anilines is 6. The number of nitrogens with zero attached hydrogens (tertiary/aromatic N) is 2. The maximum atomic E-state index is 3.65. The fraction of sp³-hybridized carbons (Fsp3) is 0.0400. The number of hydrogen-bond acceptors (Lipinski definition) is 3. The van der Waals surface area contributed by atoms with Gasteiger partial charge in [-0.3, -0.25) is 0 Å². The van der Waals surface area contributed by atoms with Crippen molar-refractivity contribution in [2.24, 2.45) is 0 Å². The van der Waals surface area contributed by atoms with Crippen molar-refractivity contribution in [1.82, 2.24) is 0 Å². The van der Waals surface area contributed by atoms with Gasteiger partial charge >= 0.3 is 0 Å². The summed E-state index contributed by atoms with van der Waals surface area (Å²) in [5.74, 6) is 0. The standard InChI is InChI=1S/C78H54N2.C31H23N.C16H8Br2/c1-5-21-55(22-6-1)77(69-33-17-13-29-63(69)64-30-14-18-34-70(64)77)57-41-45-61(46-42-57)79(59-25-9-3-10-26-59)73-51-39-53-38-50-68-74(52-40-54-37-49-67(73)75(53)76(54)68)80(60-27-11-4-12-28-60)62-47-43-58(44-48-62)78(56-23-7-2-8-24-56)71-35-19-15-31-65(71)66-32-16-20-36-72(66)78;1-3-11-23(12-4-1)31(24-19-21-26(22-20-24)32-25-13-5-2-6-14-25)29-17-9-7-15-27(29)28-16-8-10-18-30(28)31;17-13-8-4-10-2-6-12-14(18)7-3-9-1-5-11(13)16(10)15(9)12/h1-39,41-52,73H,40H2;1-22,32H;1-8H. The number of para-hydroxylation sites is 3. The minimum absolute atomic E-state index is 0.0778. The van der Waals surface area contributed by atoms with Crippen LogP contribution in [0.4, 0.5) is 34.1 Å². The van der Waals surface area contributed by atoms with Crippen molar-refractivity contribution in [2.75, 3.05) is 15.1 Å². The summed E-state index contributed by atoms with van der Waals surface area (Å²) in [6.07, 6.45) is 8.06. The van der Waals surface area contributed by atoms with Crippen molar-refractivity contribution < 1.29 is 0 Å². The van der Waals surface area contributed by atoms with Gasteiger partial charge in [-0.05, 0) is 251 Å². The molecule has 0 radical (unpaired) electrons. The lowest BCUT2D eigenvalue weighted by Gasteiger charge is -2.38. The van der Waals surface area contributed by atoms with E-state index in [1.807, 2.05) is 18.2 Å². The van der Waals surface area contributed by atoms with E-state index in [9.17, 15) is 0 Å². The molecule has 130 heavy (non-hydrogen) atoms. The summed E-state index contributed by atoms with van der Waals surface area (Å²) in [4.78, 5) is 5.03. The zero-order valence-corrected chi connectivity index (χ0v) is 74.4. The Bertz CT molecular complexity index is 7760. The molecule has 21 aromatic rings. The molecule has 26 rings (SSSR count). The molecule has 5 heteroatoms. The second-order valence-corrected chi connectivity index (χ2v) is 36.2. The summed E-state index contributed by atoms with van der Waals surface area (Å²) in [7, 11) is 0. The zero-order chi connectivity index (χ0) is 86.4. The fourth-order valence-electron chi connectivity index (χ4n) is 22.6. The first-order valence-electron chi connectivity index (χ1n) is 44.9. The van der Waals surface area contributed by atoms with Gasteiger partial charge in [-0.1, -0.05) is 438 Å². The molecule has 0 amide bonds. The number of fused-ring (bicyclic) bond motifs is 9. The quantitative estimate of drug-likeness (QED) is 0.110. The molecule has 21 aromatic carbocycles. The molecule has 1 unspecified atom stereocenters. The van der Waals surface area contributed by atoms with Gasteiger partial charge in [0.2, 0.25) is 0 Å². The first-order chi connectivity index (χ1) is 64.3. The molecule has 5 aliphatic rings. The predicted octanol–water partition coefficient (Wildman–Crippen LogP) is 33.1. The van der Waals surface area contributed by atoms with Crippen molar-refractivity contribution in [3.05, 3.63) is 583 Å². The fourth-order valence-corrected chi connectivity index (χ4v) is 23.5. The molecule has 0 saturated heterocycles. The van der Waals surface area contributed by atoms with Gasteiger partial charge in [0.15, 0.2) is 0 Å². The van der Waals surface area contributed by atoms with Crippen molar-refractivity contribution in [1.29, 1.82) is 0 Å². The van der Waals surface area contributed by atoms with Crippen LogP contribution in [0.15, 0.2) is 494 Å². The Balaban J connectivity index is 0.000000151. The monoisotopic (exact) mass is 1790 g/mol. The minimum atomic E-state index is -0.474. The molecule has 0 bridgehead atoms. The summed E-state index contributed by atoms with van der Waals surface area (Å²) in [6.45, 7) is 0. The second kappa shape index (κ2) is 32.3. The van der Waals surface area contributed by atoms with Gasteiger partial charge in [-0.25, -0.2) is 0 Å².